The lowest BCUT2D eigenvalue weighted by molar-refractivity contribution is 0.180. The molecular formula is C15H25N3. The largest absolute Gasteiger partial charge is 0.317 e. The predicted octanol–water partition coefficient (Wildman–Crippen LogP) is 2.35. The Morgan fingerprint density at radius 1 is 1.33 bits per heavy atom. The maximum Gasteiger partial charge on any atom is 0.0547 e. The third-order valence-corrected chi connectivity index (χ3v) is 3.78. The van der Waals surface area contributed by atoms with Gasteiger partial charge in [0.25, 0.3) is 0 Å². The Bertz CT molecular complexity index is 357. The van der Waals surface area contributed by atoms with Gasteiger partial charge < -0.3 is 5.32 Å². The molecule has 2 heterocycles. The molecule has 3 heteroatoms. The Labute approximate surface area is 111 Å². The number of nitrogens with one attached hydrogen (secondary N) is 1. The van der Waals surface area contributed by atoms with Crippen molar-refractivity contribution < 1.29 is 0 Å². The molecular weight excluding hydrogens is 222 g/mol. The molecule has 1 saturated heterocycles. The fourth-order valence-electron chi connectivity index (χ4n) is 2.76. The number of hydrogen-bond acceptors (Lipinski definition) is 3. The van der Waals surface area contributed by atoms with Crippen LogP contribution in [0.5, 0.6) is 0 Å². The predicted molar refractivity (Wildman–Crippen MR) is 75.6 cm³/mol. The van der Waals surface area contributed by atoms with E-state index >= 15 is 0 Å². The molecule has 2 rings (SSSR count). The van der Waals surface area contributed by atoms with Gasteiger partial charge in [0, 0.05) is 18.3 Å². The van der Waals surface area contributed by atoms with Crippen LogP contribution in [-0.2, 0) is 6.54 Å². The topological polar surface area (TPSA) is 28.2 Å². The zero-order chi connectivity index (χ0) is 12.8. The summed E-state index contributed by atoms with van der Waals surface area (Å²) in [6, 6.07) is 7.03. The number of nitrogens with zero attached hydrogens (tertiary/aromatic N) is 2. The molecule has 1 unspecified atom stereocenters. The van der Waals surface area contributed by atoms with Crippen LogP contribution in [0.15, 0.2) is 18.2 Å². The molecule has 0 saturated carbocycles. The van der Waals surface area contributed by atoms with E-state index in [1.54, 1.807) is 0 Å². The van der Waals surface area contributed by atoms with Gasteiger partial charge >= 0.3 is 0 Å². The summed E-state index contributed by atoms with van der Waals surface area (Å²) >= 11 is 0. The molecule has 1 aromatic rings. The first-order chi connectivity index (χ1) is 8.79. The van der Waals surface area contributed by atoms with Gasteiger partial charge in [-0.05, 0) is 58.0 Å². The minimum atomic E-state index is 0.715. The van der Waals surface area contributed by atoms with Crippen molar-refractivity contribution in [2.75, 3.05) is 19.6 Å². The van der Waals surface area contributed by atoms with Crippen LogP contribution in [0.3, 0.4) is 0 Å². The molecule has 0 amide bonds. The van der Waals surface area contributed by atoms with E-state index in [0.29, 0.717) is 6.04 Å². The van der Waals surface area contributed by atoms with Crippen LogP contribution in [0.25, 0.3) is 0 Å². The van der Waals surface area contributed by atoms with Crippen LogP contribution in [0, 0.1) is 6.92 Å². The first kappa shape index (κ1) is 13.5. The van der Waals surface area contributed by atoms with Gasteiger partial charge in [-0.25, -0.2) is 0 Å². The third-order valence-electron chi connectivity index (χ3n) is 3.78. The summed E-state index contributed by atoms with van der Waals surface area (Å²) in [5.74, 6) is 0. The van der Waals surface area contributed by atoms with Crippen LogP contribution in [0.2, 0.25) is 0 Å². The molecule has 1 aliphatic heterocycles. The fourth-order valence-corrected chi connectivity index (χ4v) is 2.76. The maximum absolute atomic E-state index is 4.62. The van der Waals surface area contributed by atoms with E-state index in [-0.39, 0.29) is 0 Å². The van der Waals surface area contributed by atoms with Gasteiger partial charge in [-0.15, -0.1) is 0 Å². The molecule has 1 aromatic heterocycles. The molecule has 0 aromatic carbocycles. The molecule has 0 radical (unpaired) electrons. The van der Waals surface area contributed by atoms with Gasteiger partial charge in [0.2, 0.25) is 0 Å². The SMILES string of the molecule is CCN(Cc1cccc(C)n1)C1CCCNCC1. The number of hydrogen-bond donors (Lipinski definition) is 1. The molecule has 1 fully saturated rings. The second-order valence-electron chi connectivity index (χ2n) is 5.17. The van der Waals surface area contributed by atoms with Crippen molar-refractivity contribution in [2.45, 2.75) is 45.7 Å². The lowest BCUT2D eigenvalue weighted by Gasteiger charge is -2.29. The average Bonchev–Trinajstić information content (AvgIpc) is 2.65. The quantitative estimate of drug-likeness (QED) is 0.885. The van der Waals surface area contributed by atoms with Gasteiger partial charge in [-0.2, -0.15) is 0 Å². The van der Waals surface area contributed by atoms with Gasteiger partial charge in [-0.1, -0.05) is 13.0 Å². The van der Waals surface area contributed by atoms with E-state index in [4.69, 9.17) is 0 Å². The summed E-state index contributed by atoms with van der Waals surface area (Å²) in [7, 11) is 0. The highest BCUT2D eigenvalue weighted by Gasteiger charge is 2.19. The Morgan fingerprint density at radius 2 is 2.22 bits per heavy atom. The zero-order valence-corrected chi connectivity index (χ0v) is 11.7. The number of pyridine rings is 1. The monoisotopic (exact) mass is 247 g/mol. The molecule has 0 bridgehead atoms. The van der Waals surface area contributed by atoms with E-state index in [0.717, 1.165) is 25.3 Å². The van der Waals surface area contributed by atoms with Crippen LogP contribution in [-0.4, -0.2) is 35.6 Å². The van der Waals surface area contributed by atoms with E-state index in [2.05, 4.69) is 47.2 Å². The van der Waals surface area contributed by atoms with Crippen molar-refractivity contribution in [2.24, 2.45) is 0 Å². The Kier molecular flexibility index (Phi) is 5.14. The summed E-state index contributed by atoms with van der Waals surface area (Å²) in [4.78, 5) is 7.20. The van der Waals surface area contributed by atoms with E-state index in [1.165, 1.54) is 31.5 Å². The molecule has 18 heavy (non-hydrogen) atoms. The van der Waals surface area contributed by atoms with Crippen molar-refractivity contribution in [3.8, 4) is 0 Å². The lowest BCUT2D eigenvalue weighted by atomic mass is 10.1. The minimum Gasteiger partial charge on any atom is -0.317 e. The minimum absolute atomic E-state index is 0.715. The van der Waals surface area contributed by atoms with Gasteiger partial charge in [0.05, 0.1) is 5.69 Å². The molecule has 0 spiro atoms. The van der Waals surface area contributed by atoms with Crippen LogP contribution < -0.4 is 5.32 Å². The summed E-state index contributed by atoms with van der Waals surface area (Å²) in [6.45, 7) is 8.76. The average molecular weight is 247 g/mol. The number of rotatable bonds is 4. The molecule has 0 aliphatic carbocycles. The molecule has 100 valence electrons. The number of aryl methyl sites for hydroxylation is 1. The smallest absolute Gasteiger partial charge is 0.0547 e. The van der Waals surface area contributed by atoms with Crippen molar-refractivity contribution in [3.05, 3.63) is 29.6 Å². The van der Waals surface area contributed by atoms with Crippen molar-refractivity contribution in [1.29, 1.82) is 0 Å². The van der Waals surface area contributed by atoms with E-state index in [1.807, 2.05) is 0 Å². The van der Waals surface area contributed by atoms with Crippen LogP contribution >= 0.6 is 0 Å². The van der Waals surface area contributed by atoms with E-state index in [9.17, 15) is 0 Å². The zero-order valence-electron chi connectivity index (χ0n) is 11.7. The Morgan fingerprint density at radius 3 is 3.00 bits per heavy atom. The highest BCUT2D eigenvalue weighted by Crippen LogP contribution is 2.15. The summed E-state index contributed by atoms with van der Waals surface area (Å²) in [6.07, 6.45) is 3.87. The Balaban J connectivity index is 1.99. The molecule has 1 aliphatic rings. The maximum atomic E-state index is 4.62. The normalized spacial score (nSPS) is 20.9. The van der Waals surface area contributed by atoms with Crippen LogP contribution in [0.1, 0.15) is 37.6 Å². The standard InChI is InChI=1S/C15H25N3/c1-3-18(15-8-5-10-16-11-9-15)12-14-7-4-6-13(2)17-14/h4,6-7,15-16H,3,5,8-12H2,1-2H3. The first-order valence-electron chi connectivity index (χ1n) is 7.17. The molecule has 1 N–H and O–H groups in total. The molecule has 3 nitrogen and oxygen atoms in total. The van der Waals surface area contributed by atoms with Gasteiger partial charge in [0.15, 0.2) is 0 Å². The number of aromatic nitrogens is 1. The first-order valence-corrected chi connectivity index (χ1v) is 7.17. The second-order valence-corrected chi connectivity index (χ2v) is 5.17. The summed E-state index contributed by atoms with van der Waals surface area (Å²) in [5.41, 5.74) is 2.32. The van der Waals surface area contributed by atoms with E-state index < -0.39 is 0 Å². The second kappa shape index (κ2) is 6.86. The lowest BCUT2D eigenvalue weighted by Crippen LogP contribution is -2.35. The fraction of sp³-hybridized carbons (Fsp3) is 0.667. The van der Waals surface area contributed by atoms with Crippen LogP contribution in [0.4, 0.5) is 0 Å². The summed E-state index contributed by atoms with van der Waals surface area (Å²) < 4.78 is 0. The van der Waals surface area contributed by atoms with Gasteiger partial charge in [-0.3, -0.25) is 9.88 Å². The molecule has 1 atom stereocenters. The van der Waals surface area contributed by atoms with Crippen molar-refractivity contribution >= 4 is 0 Å². The van der Waals surface area contributed by atoms with Gasteiger partial charge in [0.1, 0.15) is 0 Å². The van der Waals surface area contributed by atoms with Crippen molar-refractivity contribution in [3.63, 3.8) is 0 Å². The highest BCUT2D eigenvalue weighted by molar-refractivity contribution is 5.10. The summed E-state index contributed by atoms with van der Waals surface area (Å²) in [5, 5.41) is 3.49. The third kappa shape index (κ3) is 3.79. The van der Waals surface area contributed by atoms with Crippen molar-refractivity contribution in [1.82, 2.24) is 15.2 Å². The highest BCUT2D eigenvalue weighted by atomic mass is 15.2. The Hall–Kier alpha value is -0.930.